The van der Waals surface area contributed by atoms with E-state index < -0.39 is 20.2 Å². The molecule has 2 unspecified atom stereocenters. The lowest BCUT2D eigenvalue weighted by atomic mass is 10.1. The number of aldehydes is 1. The van der Waals surface area contributed by atoms with Gasteiger partial charge in [0.15, 0.2) is 5.91 Å². The van der Waals surface area contributed by atoms with Crippen LogP contribution in [-0.4, -0.2) is 90.7 Å². The number of amides is 1. The molecule has 0 aliphatic carbocycles. The number of unbranched alkanes of at least 4 members (excludes halogenated alkanes) is 3. The summed E-state index contributed by atoms with van der Waals surface area (Å²) in [5.41, 5.74) is 5.33. The van der Waals surface area contributed by atoms with E-state index in [2.05, 4.69) is 32.4 Å². The normalized spacial score (nSPS) is 16.3. The third-order valence-electron chi connectivity index (χ3n) is 7.22. The van der Waals surface area contributed by atoms with Crippen LogP contribution in [0.25, 0.3) is 10.1 Å². The number of carbonyl (C=O) groups is 3. The number of hydrogen-bond acceptors (Lipinski definition) is 10. The third kappa shape index (κ3) is 14.9. The molecule has 2 atom stereocenters. The quantitative estimate of drug-likeness (QED) is 0.112. The van der Waals surface area contributed by atoms with E-state index in [4.69, 9.17) is 20.3 Å². The van der Waals surface area contributed by atoms with Gasteiger partial charge in [-0.3, -0.25) is 9.89 Å². The zero-order chi connectivity index (χ0) is 33.6. The number of anilines is 1. The van der Waals surface area contributed by atoms with Crippen LogP contribution < -0.4 is 16.0 Å². The van der Waals surface area contributed by atoms with Crippen LogP contribution in [-0.2, 0) is 9.59 Å². The molecule has 11 nitrogen and oxygen atoms in total. The van der Waals surface area contributed by atoms with Crippen molar-refractivity contribution < 1.29 is 28.6 Å². The molecule has 2 aliphatic rings. The third-order valence-corrected chi connectivity index (χ3v) is 9.06. The molecule has 0 radical (unpaired) electrons. The topological polar surface area (TPSA) is 165 Å². The Morgan fingerprint density at radius 2 is 1.87 bits per heavy atom. The Kier molecular flexibility index (Phi) is 21.0. The maximum Gasteiger partial charge on any atom is 0.258 e. The van der Waals surface area contributed by atoms with E-state index in [0.29, 0.717) is 10.3 Å². The second-order valence-corrected chi connectivity index (χ2v) is 12.8. The lowest BCUT2D eigenvalue weighted by Gasteiger charge is -2.18. The zero-order valence-corrected chi connectivity index (χ0v) is 28.4. The zero-order valence-electron chi connectivity index (χ0n) is 26.7. The molecule has 3 aromatic rings. The van der Waals surface area contributed by atoms with E-state index in [1.165, 1.54) is 88.0 Å². The molecule has 0 bridgehead atoms. The van der Waals surface area contributed by atoms with Crippen LogP contribution in [0.15, 0.2) is 36.5 Å². The average Bonchev–Trinajstić information content (AvgIpc) is 3.86. The Balaban J connectivity index is 0.000000323. The highest BCUT2D eigenvalue weighted by atomic mass is 32.1. The molecule has 5 rings (SSSR count). The Bertz CT molecular complexity index is 1210. The van der Waals surface area contributed by atoms with Crippen molar-refractivity contribution in [3.05, 3.63) is 47.0 Å². The first-order valence-corrected chi connectivity index (χ1v) is 17.2. The highest BCUT2D eigenvalue weighted by Gasteiger charge is 2.20. The number of likely N-dealkylation sites (tertiary alicyclic amines) is 1. The molecular formula is C31H50FN6O5PS. The predicted octanol–water partition coefficient (Wildman–Crippen LogP) is 5.16. The summed E-state index contributed by atoms with van der Waals surface area (Å²) < 4.78 is 14.2. The van der Waals surface area contributed by atoms with Crippen molar-refractivity contribution in [3.63, 3.8) is 0 Å². The van der Waals surface area contributed by atoms with E-state index in [1.54, 1.807) is 18.3 Å². The molecule has 45 heavy (non-hydrogen) atoms. The molecule has 1 aromatic carbocycles. The molecule has 0 saturated carbocycles. The smallest absolute Gasteiger partial charge is 0.258 e. The maximum absolute atomic E-state index is 13.4. The van der Waals surface area contributed by atoms with Crippen molar-refractivity contribution in [1.29, 1.82) is 0 Å². The minimum absolute atomic E-state index is 0.183. The van der Waals surface area contributed by atoms with Crippen molar-refractivity contribution >= 4 is 54.6 Å². The number of alkyl halides is 1. The van der Waals surface area contributed by atoms with Crippen molar-refractivity contribution in [1.82, 2.24) is 20.4 Å². The van der Waals surface area contributed by atoms with Gasteiger partial charge in [0.2, 0.25) is 8.38 Å². The number of aromatic nitrogens is 2. The maximum atomic E-state index is 13.4. The summed E-state index contributed by atoms with van der Waals surface area (Å²) in [7, 11) is 3.32. The summed E-state index contributed by atoms with van der Waals surface area (Å²) in [4.78, 5) is 51.9. The van der Waals surface area contributed by atoms with Crippen LogP contribution in [0.5, 0.6) is 0 Å². The molecule has 2 saturated heterocycles. The average molecular weight is 669 g/mol. The van der Waals surface area contributed by atoms with Gasteiger partial charge in [-0.1, -0.05) is 18.9 Å². The second kappa shape index (κ2) is 23.5. The summed E-state index contributed by atoms with van der Waals surface area (Å²) in [6.07, 6.45) is 13.9. The van der Waals surface area contributed by atoms with Crippen molar-refractivity contribution in [2.75, 3.05) is 45.7 Å². The molecule has 2 fully saturated rings. The van der Waals surface area contributed by atoms with Gasteiger partial charge in [0.05, 0.1) is 11.1 Å². The van der Waals surface area contributed by atoms with Crippen molar-refractivity contribution in [2.45, 2.75) is 69.7 Å². The van der Waals surface area contributed by atoms with Crippen LogP contribution in [0, 0.1) is 0 Å². The molecular weight excluding hydrogens is 618 g/mol. The number of benzene rings is 1. The number of hydrogen-bond donors (Lipinski definition) is 5. The van der Waals surface area contributed by atoms with Gasteiger partial charge in [-0.05, 0) is 95.4 Å². The number of thiophene rings is 1. The monoisotopic (exact) mass is 668 g/mol. The van der Waals surface area contributed by atoms with E-state index >= 15 is 0 Å². The Morgan fingerprint density at radius 3 is 2.40 bits per heavy atom. The molecule has 252 valence electrons. The van der Waals surface area contributed by atoms with Gasteiger partial charge in [-0.15, -0.1) is 11.3 Å². The molecule has 0 spiro atoms. The SMILES string of the molecule is C=O.CN1CCCC1CCCCCC=O.CNC.NC(=O)c1cc2cc(C(F)P(O)O)ccc2s1.c1cc(N2CCCC2)[nH]n1. The first kappa shape index (κ1) is 40.2. The Hall–Kier alpha value is -2.80. The number of fused-ring (bicyclic) bond motifs is 1. The number of nitrogens with two attached hydrogens (primary N) is 1. The fourth-order valence-electron chi connectivity index (χ4n) is 4.98. The van der Waals surface area contributed by atoms with Gasteiger partial charge < -0.3 is 40.2 Å². The minimum atomic E-state index is -2.65. The van der Waals surface area contributed by atoms with Crippen molar-refractivity contribution in [3.8, 4) is 0 Å². The summed E-state index contributed by atoms with van der Waals surface area (Å²) in [6, 6.07) is 9.01. The van der Waals surface area contributed by atoms with Crippen LogP contribution in [0.3, 0.4) is 0 Å². The lowest BCUT2D eigenvalue weighted by Crippen LogP contribution is -2.24. The summed E-state index contributed by atoms with van der Waals surface area (Å²) in [5, 5.41) is 10.3. The van der Waals surface area contributed by atoms with Gasteiger partial charge >= 0.3 is 0 Å². The fraction of sp³-hybridized carbons (Fsp3) is 0.548. The minimum Gasteiger partial charge on any atom is -0.365 e. The summed E-state index contributed by atoms with van der Waals surface area (Å²) in [6.45, 7) is 5.64. The van der Waals surface area contributed by atoms with E-state index in [-0.39, 0.29) is 5.56 Å². The summed E-state index contributed by atoms with van der Waals surface area (Å²) in [5.74, 6) is -1.17. The lowest BCUT2D eigenvalue weighted by molar-refractivity contribution is -0.108. The van der Waals surface area contributed by atoms with Crippen LogP contribution in [0.1, 0.15) is 78.9 Å². The number of carbonyl (C=O) groups excluding carboxylic acids is 3. The second-order valence-electron chi connectivity index (χ2n) is 10.6. The van der Waals surface area contributed by atoms with Gasteiger partial charge in [0.25, 0.3) is 5.91 Å². The van der Waals surface area contributed by atoms with Gasteiger partial charge in [0.1, 0.15) is 18.9 Å². The van der Waals surface area contributed by atoms with Gasteiger partial charge in [-0.25, -0.2) is 4.39 Å². The molecule has 2 aromatic heterocycles. The number of rotatable bonds is 10. The van der Waals surface area contributed by atoms with Crippen molar-refractivity contribution in [2.24, 2.45) is 5.73 Å². The number of aromatic amines is 1. The Morgan fingerprint density at radius 1 is 1.18 bits per heavy atom. The number of nitrogens with zero attached hydrogens (tertiary/aromatic N) is 3. The molecule has 14 heteroatoms. The number of halogens is 1. The fourth-order valence-corrected chi connectivity index (χ4v) is 6.30. The van der Waals surface area contributed by atoms with Gasteiger partial charge in [-0.2, -0.15) is 5.10 Å². The summed E-state index contributed by atoms with van der Waals surface area (Å²) >= 11 is 1.22. The number of nitrogens with one attached hydrogen (secondary N) is 2. The molecule has 1 amide bonds. The Labute approximate surface area is 271 Å². The van der Waals surface area contributed by atoms with Crippen LogP contribution >= 0.6 is 19.7 Å². The van der Waals surface area contributed by atoms with Gasteiger partial charge in [0, 0.05) is 36.3 Å². The standard InChI is InChI=1S/C11H21NO.C10H9FNO3PS.C7H11N3.C2H7N.CH2O/c1-12-9-6-8-11(12)7-4-2-3-5-10-13;11-9(16(14)15)5-1-2-7-6(3-5)4-8(17-7)10(12)13;1-2-6-10(5-1)7-3-4-8-9-7;1-3-2;1-2/h10-11H,2-9H2,1H3;1-4,9,14-15H,(H2,12,13);3-4H,1-2,5-6H2,(H,8,9);3H,1-2H3;1H2. The highest BCUT2D eigenvalue weighted by molar-refractivity contribution is 7.45. The van der Waals surface area contributed by atoms with E-state index in [9.17, 15) is 14.0 Å². The van der Waals surface area contributed by atoms with E-state index in [1.807, 2.05) is 27.0 Å². The number of H-pyrrole nitrogens is 1. The largest absolute Gasteiger partial charge is 0.365 e. The predicted molar refractivity (Wildman–Crippen MR) is 182 cm³/mol. The van der Waals surface area contributed by atoms with Crippen LogP contribution in [0.4, 0.5) is 10.2 Å². The molecule has 2 aliphatic heterocycles. The van der Waals surface area contributed by atoms with Crippen LogP contribution in [0.2, 0.25) is 0 Å². The first-order valence-electron chi connectivity index (χ1n) is 15.1. The highest BCUT2D eigenvalue weighted by Crippen LogP contribution is 2.45. The number of primary amides is 1. The first-order chi connectivity index (χ1) is 21.7. The van der Waals surface area contributed by atoms with E-state index in [0.717, 1.165) is 35.7 Å². The molecule has 6 N–H and O–H groups in total. The molecule has 4 heterocycles.